The van der Waals surface area contributed by atoms with Gasteiger partial charge in [0, 0.05) is 30.6 Å². The monoisotopic (exact) mass is 428 g/mol. The Kier molecular flexibility index (Phi) is 6.96. The molecular weight excluding hydrogens is 404 g/mol. The Bertz CT molecular complexity index is 1040. The number of methoxy groups -OCH3 is 1. The summed E-state index contributed by atoms with van der Waals surface area (Å²) < 4.78 is 12.7. The Morgan fingerprint density at radius 2 is 1.87 bits per heavy atom. The molecule has 0 aliphatic carbocycles. The molecule has 0 spiro atoms. The van der Waals surface area contributed by atoms with Crippen molar-refractivity contribution in [1.29, 1.82) is 0 Å². The summed E-state index contributed by atoms with van der Waals surface area (Å²) in [5, 5.41) is 11.3. The van der Waals surface area contributed by atoms with Crippen molar-refractivity contribution < 1.29 is 19.1 Å². The first-order chi connectivity index (χ1) is 14.4. The van der Waals surface area contributed by atoms with Crippen LogP contribution in [0, 0.1) is 20.8 Å². The van der Waals surface area contributed by atoms with Crippen molar-refractivity contribution in [1.82, 2.24) is 14.8 Å². The van der Waals surface area contributed by atoms with Gasteiger partial charge in [-0.3, -0.25) is 14.9 Å². The maximum atomic E-state index is 12.6. The normalized spacial score (nSPS) is 10.8. The Morgan fingerprint density at radius 3 is 2.57 bits per heavy atom. The van der Waals surface area contributed by atoms with E-state index in [4.69, 9.17) is 9.47 Å². The number of amides is 1. The van der Waals surface area contributed by atoms with Crippen LogP contribution in [0.25, 0.3) is 0 Å². The molecule has 0 saturated heterocycles. The molecule has 9 heteroatoms. The van der Waals surface area contributed by atoms with Crippen LogP contribution in [0.4, 0.5) is 5.13 Å². The molecule has 158 valence electrons. The van der Waals surface area contributed by atoms with Crippen molar-refractivity contribution in [3.05, 3.63) is 57.9 Å². The third-order valence-electron chi connectivity index (χ3n) is 4.61. The molecule has 0 bridgehead atoms. The van der Waals surface area contributed by atoms with Gasteiger partial charge in [0.1, 0.15) is 12.4 Å². The highest BCUT2D eigenvalue weighted by Crippen LogP contribution is 2.20. The topological polar surface area (TPSA) is 95.3 Å². The van der Waals surface area contributed by atoms with Gasteiger partial charge in [-0.15, -0.1) is 10.2 Å². The molecule has 0 saturated carbocycles. The van der Waals surface area contributed by atoms with Crippen LogP contribution in [0.15, 0.2) is 30.3 Å². The van der Waals surface area contributed by atoms with E-state index in [9.17, 15) is 9.59 Å². The molecular formula is C21H24N4O4S. The molecule has 3 rings (SSSR count). The van der Waals surface area contributed by atoms with Crippen LogP contribution in [0.5, 0.6) is 5.75 Å². The summed E-state index contributed by atoms with van der Waals surface area (Å²) in [4.78, 5) is 25.1. The molecule has 30 heavy (non-hydrogen) atoms. The summed E-state index contributed by atoms with van der Waals surface area (Å²) in [7, 11) is 1.62. The van der Waals surface area contributed by atoms with E-state index < -0.39 is 11.7 Å². The molecule has 1 N–H and O–H groups in total. The quantitative estimate of drug-likeness (QED) is 0.415. The first kappa shape index (κ1) is 21.7. The summed E-state index contributed by atoms with van der Waals surface area (Å²) in [6, 6.07) is 9.38. The first-order valence-electron chi connectivity index (χ1n) is 9.42. The van der Waals surface area contributed by atoms with E-state index >= 15 is 0 Å². The number of hydrogen-bond acceptors (Lipinski definition) is 7. The number of benzene rings is 1. The molecule has 1 amide bonds. The number of hydrogen-bond donors (Lipinski definition) is 1. The van der Waals surface area contributed by atoms with Crippen LogP contribution in [0.1, 0.15) is 32.3 Å². The van der Waals surface area contributed by atoms with E-state index in [1.807, 2.05) is 49.6 Å². The maximum absolute atomic E-state index is 12.6. The lowest BCUT2D eigenvalue weighted by atomic mass is 10.1. The van der Waals surface area contributed by atoms with Crippen molar-refractivity contribution >= 4 is 28.2 Å². The van der Waals surface area contributed by atoms with Crippen molar-refractivity contribution in [3.8, 4) is 5.75 Å². The van der Waals surface area contributed by atoms with Gasteiger partial charge in [-0.25, -0.2) is 0 Å². The predicted octanol–water partition coefficient (Wildman–Crippen LogP) is 3.31. The lowest BCUT2D eigenvalue weighted by Crippen LogP contribution is -2.23. The third kappa shape index (κ3) is 5.11. The van der Waals surface area contributed by atoms with Gasteiger partial charge in [-0.1, -0.05) is 29.0 Å². The van der Waals surface area contributed by atoms with Crippen LogP contribution >= 0.6 is 11.3 Å². The van der Waals surface area contributed by atoms with E-state index in [-0.39, 0.29) is 11.7 Å². The van der Waals surface area contributed by atoms with Gasteiger partial charge >= 0.3 is 0 Å². The summed E-state index contributed by atoms with van der Waals surface area (Å²) in [6.07, 6.45) is 0. The minimum Gasteiger partial charge on any atom is -0.486 e. The minimum atomic E-state index is -0.746. The largest absolute Gasteiger partial charge is 0.486 e. The van der Waals surface area contributed by atoms with Crippen molar-refractivity contribution in [3.63, 3.8) is 0 Å². The highest BCUT2D eigenvalue weighted by molar-refractivity contribution is 7.15. The Balaban J connectivity index is 1.61. The van der Waals surface area contributed by atoms with Gasteiger partial charge in [-0.05, 0) is 39.0 Å². The summed E-state index contributed by atoms with van der Waals surface area (Å²) in [5.41, 5.74) is 3.14. The van der Waals surface area contributed by atoms with Gasteiger partial charge in [0.2, 0.25) is 5.13 Å². The minimum absolute atomic E-state index is 0.227. The van der Waals surface area contributed by atoms with E-state index in [1.54, 1.807) is 13.2 Å². The predicted molar refractivity (Wildman–Crippen MR) is 114 cm³/mol. The molecule has 0 atom stereocenters. The number of ketones is 1. The number of aromatic nitrogens is 3. The third-order valence-corrected chi connectivity index (χ3v) is 5.43. The van der Waals surface area contributed by atoms with E-state index in [2.05, 4.69) is 15.5 Å². The Hall–Kier alpha value is -3.04. The molecule has 0 fully saturated rings. The Morgan fingerprint density at radius 1 is 1.13 bits per heavy atom. The van der Waals surface area contributed by atoms with Crippen LogP contribution in [0.3, 0.4) is 0 Å². The van der Waals surface area contributed by atoms with Crippen molar-refractivity contribution in [2.45, 2.75) is 33.9 Å². The summed E-state index contributed by atoms with van der Waals surface area (Å²) >= 11 is 1.17. The van der Waals surface area contributed by atoms with Crippen molar-refractivity contribution in [2.75, 3.05) is 19.0 Å². The smallest absolute Gasteiger partial charge is 0.298 e. The SMILES string of the molecule is COCCn1c(C)cc(C(=O)C(=O)Nc2nnc(COc3ccc(C)cc3)s2)c1C. The van der Waals surface area contributed by atoms with Crippen LogP contribution < -0.4 is 10.1 Å². The second-order valence-electron chi connectivity index (χ2n) is 6.82. The average molecular weight is 429 g/mol. The second kappa shape index (κ2) is 9.64. The molecule has 2 aromatic heterocycles. The van der Waals surface area contributed by atoms with Gasteiger partial charge in [0.15, 0.2) is 5.01 Å². The van der Waals surface area contributed by atoms with Gasteiger partial charge < -0.3 is 14.0 Å². The van der Waals surface area contributed by atoms with Crippen molar-refractivity contribution in [2.24, 2.45) is 0 Å². The highest BCUT2D eigenvalue weighted by Gasteiger charge is 2.23. The van der Waals surface area contributed by atoms with E-state index in [0.29, 0.717) is 23.7 Å². The highest BCUT2D eigenvalue weighted by atomic mass is 32.1. The van der Waals surface area contributed by atoms with Gasteiger partial charge in [0.25, 0.3) is 11.7 Å². The fraction of sp³-hybridized carbons (Fsp3) is 0.333. The molecule has 0 aliphatic heterocycles. The molecule has 8 nitrogen and oxygen atoms in total. The number of aryl methyl sites for hydroxylation is 2. The number of anilines is 1. The van der Waals surface area contributed by atoms with E-state index in [0.717, 1.165) is 22.7 Å². The number of ether oxygens (including phenoxy) is 2. The van der Waals surface area contributed by atoms with E-state index in [1.165, 1.54) is 11.3 Å². The Labute approximate surface area is 178 Å². The number of carbonyl (C=O) groups is 2. The molecule has 3 aromatic rings. The number of nitrogens with one attached hydrogen (secondary N) is 1. The zero-order valence-electron chi connectivity index (χ0n) is 17.4. The lowest BCUT2D eigenvalue weighted by Gasteiger charge is -2.08. The lowest BCUT2D eigenvalue weighted by molar-refractivity contribution is -0.112. The number of Topliss-reactive ketones (excluding diaryl/α,β-unsaturated/α-hetero) is 1. The first-order valence-corrected chi connectivity index (χ1v) is 10.2. The second-order valence-corrected chi connectivity index (χ2v) is 7.88. The number of nitrogens with zero attached hydrogens (tertiary/aromatic N) is 3. The zero-order valence-corrected chi connectivity index (χ0v) is 18.2. The number of carbonyl (C=O) groups excluding carboxylic acids is 2. The molecule has 2 heterocycles. The van der Waals surface area contributed by atoms with Gasteiger partial charge in [0.05, 0.1) is 6.61 Å². The average Bonchev–Trinajstić information content (AvgIpc) is 3.29. The van der Waals surface area contributed by atoms with Gasteiger partial charge in [-0.2, -0.15) is 0 Å². The molecule has 0 unspecified atom stereocenters. The summed E-state index contributed by atoms with van der Waals surface area (Å²) in [5.74, 6) is -0.635. The van der Waals surface area contributed by atoms with Crippen LogP contribution in [-0.2, 0) is 22.7 Å². The zero-order chi connectivity index (χ0) is 21.7. The van der Waals surface area contributed by atoms with Crippen LogP contribution in [-0.4, -0.2) is 40.2 Å². The fourth-order valence-corrected chi connectivity index (χ4v) is 3.62. The maximum Gasteiger partial charge on any atom is 0.298 e. The summed E-state index contributed by atoms with van der Waals surface area (Å²) in [6.45, 7) is 7.07. The molecule has 1 aromatic carbocycles. The molecule has 0 radical (unpaired) electrons. The standard InChI is InChI=1S/C21H24N4O4S/c1-13-5-7-16(8-6-13)29-12-18-23-24-21(30-18)22-20(27)19(26)17-11-14(2)25(15(17)3)9-10-28-4/h5-8,11H,9-10,12H2,1-4H3,(H,22,24,27). The fourth-order valence-electron chi connectivity index (χ4n) is 2.98. The number of rotatable bonds is 9. The molecule has 0 aliphatic rings. The van der Waals surface area contributed by atoms with Crippen LogP contribution in [0.2, 0.25) is 0 Å².